The Morgan fingerprint density at radius 1 is 0.514 bits per heavy atom. The average molecular weight is 550 g/mol. The van der Waals surface area contributed by atoms with E-state index in [0.29, 0.717) is 26.2 Å². The summed E-state index contributed by atoms with van der Waals surface area (Å²) in [7, 11) is 0. The van der Waals surface area contributed by atoms with E-state index in [2.05, 4.69) is 0 Å². The zero-order valence-electron chi connectivity index (χ0n) is 21.8. The SMILES string of the molecule is CCCCN(CCCC)C(=O)CC(=O)C(=O)[O-].CCCCN(CCCC)C(=O)CC(=O)C(=O)[O-].[Zn+2]. The van der Waals surface area contributed by atoms with E-state index in [0.717, 1.165) is 51.4 Å². The van der Waals surface area contributed by atoms with Gasteiger partial charge in [-0.3, -0.25) is 19.2 Å². The van der Waals surface area contributed by atoms with E-state index in [1.165, 1.54) is 0 Å². The van der Waals surface area contributed by atoms with Gasteiger partial charge in [-0.05, 0) is 25.7 Å². The minimum absolute atomic E-state index is 0. The zero-order valence-corrected chi connectivity index (χ0v) is 24.7. The average Bonchev–Trinajstić information content (AvgIpc) is 2.79. The summed E-state index contributed by atoms with van der Waals surface area (Å²) in [5.74, 6) is -6.70. The fourth-order valence-electron chi connectivity index (χ4n) is 2.76. The van der Waals surface area contributed by atoms with Crippen molar-refractivity contribution in [3.05, 3.63) is 0 Å². The van der Waals surface area contributed by atoms with Crippen molar-refractivity contribution in [1.29, 1.82) is 0 Å². The molecule has 0 N–H and O–H groups in total. The molecule has 0 aliphatic heterocycles. The summed E-state index contributed by atoms with van der Waals surface area (Å²) in [6, 6.07) is 0. The molecule has 0 aromatic carbocycles. The smallest absolute Gasteiger partial charge is 0.542 e. The number of carbonyl (C=O) groups excluding carboxylic acids is 6. The van der Waals surface area contributed by atoms with Gasteiger partial charge in [-0.15, -0.1) is 0 Å². The molecule has 0 saturated heterocycles. The zero-order chi connectivity index (χ0) is 26.5. The van der Waals surface area contributed by atoms with Crippen LogP contribution in [0.1, 0.15) is 91.9 Å². The minimum Gasteiger partial charge on any atom is -0.542 e. The number of Topliss-reactive ketones (excluding diaryl/α,β-unsaturated/α-hetero) is 2. The van der Waals surface area contributed by atoms with Crippen LogP contribution in [0.3, 0.4) is 0 Å². The number of ketones is 2. The second-order valence-corrected chi connectivity index (χ2v) is 7.95. The van der Waals surface area contributed by atoms with Crippen LogP contribution in [0.2, 0.25) is 0 Å². The molecule has 0 aromatic heterocycles. The van der Waals surface area contributed by atoms with Crippen molar-refractivity contribution in [2.24, 2.45) is 0 Å². The first-order valence-corrected chi connectivity index (χ1v) is 12.1. The van der Waals surface area contributed by atoms with Crippen LogP contribution in [0.15, 0.2) is 0 Å². The first-order valence-electron chi connectivity index (χ1n) is 12.1. The molecule has 196 valence electrons. The Morgan fingerprint density at radius 2 is 0.743 bits per heavy atom. The summed E-state index contributed by atoms with van der Waals surface area (Å²) >= 11 is 0. The third kappa shape index (κ3) is 19.8. The first kappa shape index (κ1) is 37.4. The maximum atomic E-state index is 11.7. The van der Waals surface area contributed by atoms with Gasteiger partial charge < -0.3 is 29.6 Å². The Labute approximate surface area is 221 Å². The Kier molecular flexibility index (Phi) is 25.2. The molecule has 10 nitrogen and oxygen atoms in total. The van der Waals surface area contributed by atoms with Crippen LogP contribution >= 0.6 is 0 Å². The van der Waals surface area contributed by atoms with Crippen LogP contribution in [0, 0.1) is 0 Å². The second kappa shape index (κ2) is 23.6. The summed E-state index contributed by atoms with van der Waals surface area (Å²) in [6.07, 6.45) is 6.04. The molecule has 35 heavy (non-hydrogen) atoms. The normalized spacial score (nSPS) is 9.71. The van der Waals surface area contributed by atoms with E-state index < -0.39 is 48.2 Å². The Morgan fingerprint density at radius 3 is 0.914 bits per heavy atom. The van der Waals surface area contributed by atoms with E-state index >= 15 is 0 Å². The maximum absolute atomic E-state index is 11.7. The summed E-state index contributed by atoms with van der Waals surface area (Å²) in [6.45, 7) is 10.4. The molecule has 0 aliphatic rings. The van der Waals surface area contributed by atoms with Gasteiger partial charge in [0.2, 0.25) is 11.8 Å². The van der Waals surface area contributed by atoms with Crippen molar-refractivity contribution in [2.75, 3.05) is 26.2 Å². The van der Waals surface area contributed by atoms with Gasteiger partial charge in [0, 0.05) is 26.2 Å². The molecule has 0 heterocycles. The number of carboxylic acid groups (broad SMARTS) is 2. The van der Waals surface area contributed by atoms with Crippen molar-refractivity contribution in [2.45, 2.75) is 91.9 Å². The quantitative estimate of drug-likeness (QED) is 0.134. The van der Waals surface area contributed by atoms with Crippen LogP contribution in [-0.2, 0) is 48.2 Å². The van der Waals surface area contributed by atoms with E-state index in [1.807, 2.05) is 27.7 Å². The number of hydrogen-bond acceptors (Lipinski definition) is 8. The molecular weight excluding hydrogens is 510 g/mol. The van der Waals surface area contributed by atoms with Gasteiger partial charge in [-0.2, -0.15) is 0 Å². The Bertz CT molecular complexity index is 598. The number of nitrogens with zero attached hydrogens (tertiary/aromatic N) is 2. The van der Waals surface area contributed by atoms with E-state index in [9.17, 15) is 39.0 Å². The van der Waals surface area contributed by atoms with Crippen LogP contribution < -0.4 is 10.2 Å². The maximum Gasteiger partial charge on any atom is 2.00 e. The standard InChI is InChI=1S/2C12H21NO4.Zn/c2*1-3-5-7-13(8-6-4-2)11(15)9-10(14)12(16)17;/h2*3-9H2,1-2H3,(H,16,17);/q;;+2/p-2. The molecule has 0 aromatic rings. The van der Waals surface area contributed by atoms with Gasteiger partial charge in [-0.1, -0.05) is 53.4 Å². The van der Waals surface area contributed by atoms with Crippen molar-refractivity contribution in [3.63, 3.8) is 0 Å². The molecule has 0 atom stereocenters. The van der Waals surface area contributed by atoms with Gasteiger partial charge >= 0.3 is 19.5 Å². The first-order chi connectivity index (χ1) is 16.0. The molecule has 0 bridgehead atoms. The van der Waals surface area contributed by atoms with Crippen molar-refractivity contribution in [1.82, 2.24) is 9.80 Å². The predicted molar refractivity (Wildman–Crippen MR) is 122 cm³/mol. The van der Waals surface area contributed by atoms with Gasteiger partial charge in [0.05, 0.1) is 12.8 Å². The Balaban J connectivity index is -0.000000569. The molecular formula is C24H40N2O8Zn. The Hall–Kier alpha value is -2.16. The largest absolute Gasteiger partial charge is 2.00 e. The fraction of sp³-hybridized carbons (Fsp3) is 0.750. The summed E-state index contributed by atoms with van der Waals surface area (Å²) in [4.78, 5) is 68.8. The van der Waals surface area contributed by atoms with E-state index in [1.54, 1.807) is 9.80 Å². The molecule has 0 saturated carbocycles. The number of hydrogen-bond donors (Lipinski definition) is 0. The van der Waals surface area contributed by atoms with Crippen molar-refractivity contribution in [3.8, 4) is 0 Å². The molecule has 0 aliphatic carbocycles. The molecule has 2 amide bonds. The number of unbranched alkanes of at least 4 members (excludes halogenated alkanes) is 4. The fourth-order valence-corrected chi connectivity index (χ4v) is 2.76. The number of rotatable bonds is 18. The van der Waals surface area contributed by atoms with Gasteiger partial charge in [-0.25, -0.2) is 0 Å². The van der Waals surface area contributed by atoms with Crippen molar-refractivity contribution < 1.29 is 58.5 Å². The third-order valence-corrected chi connectivity index (χ3v) is 4.91. The van der Waals surface area contributed by atoms with Crippen LogP contribution in [0.25, 0.3) is 0 Å². The molecule has 0 unspecified atom stereocenters. The van der Waals surface area contributed by atoms with Crippen molar-refractivity contribution >= 4 is 35.3 Å². The second-order valence-electron chi connectivity index (χ2n) is 7.95. The molecule has 0 spiro atoms. The van der Waals surface area contributed by atoms with Crippen LogP contribution in [-0.4, -0.2) is 71.3 Å². The van der Waals surface area contributed by atoms with Crippen LogP contribution in [0.4, 0.5) is 0 Å². The number of aliphatic carboxylic acids is 2. The molecule has 0 fully saturated rings. The van der Waals surface area contributed by atoms with Gasteiger partial charge in [0.1, 0.15) is 11.9 Å². The van der Waals surface area contributed by atoms with E-state index in [4.69, 9.17) is 0 Å². The monoisotopic (exact) mass is 548 g/mol. The summed E-state index contributed by atoms with van der Waals surface area (Å²) < 4.78 is 0. The minimum atomic E-state index is -1.79. The summed E-state index contributed by atoms with van der Waals surface area (Å²) in [5.41, 5.74) is 0. The van der Waals surface area contributed by atoms with E-state index in [-0.39, 0.29) is 19.5 Å². The van der Waals surface area contributed by atoms with Crippen LogP contribution in [0.5, 0.6) is 0 Å². The topological polar surface area (TPSA) is 155 Å². The van der Waals surface area contributed by atoms with Gasteiger partial charge in [0.15, 0.2) is 11.6 Å². The third-order valence-electron chi connectivity index (χ3n) is 4.91. The summed E-state index contributed by atoms with van der Waals surface area (Å²) in [5, 5.41) is 20.5. The van der Waals surface area contributed by atoms with Gasteiger partial charge in [0.25, 0.3) is 0 Å². The number of amides is 2. The predicted octanol–water partition coefficient (Wildman–Crippen LogP) is 0.246. The molecule has 0 radical (unpaired) electrons. The molecule has 11 heteroatoms. The number of carbonyl (C=O) groups is 6. The molecule has 0 rings (SSSR count). The number of carboxylic acids is 2.